The lowest BCUT2D eigenvalue weighted by atomic mass is 10.2. The van der Waals surface area contributed by atoms with E-state index in [2.05, 4.69) is 20.9 Å². The zero-order valence-corrected chi connectivity index (χ0v) is 11.3. The molecular formula is C10H5BrCl2F2N2. The number of rotatable bonds is 1. The Kier molecular flexibility index (Phi) is 3.70. The second kappa shape index (κ2) is 4.92. The lowest BCUT2D eigenvalue weighted by Crippen LogP contribution is -2.30. The molecule has 0 bridgehead atoms. The zero-order chi connectivity index (χ0) is 12.6. The number of nitrogens with zero attached hydrogens (tertiary/aromatic N) is 2. The van der Waals surface area contributed by atoms with Gasteiger partial charge in [-0.15, -0.1) is 0 Å². The monoisotopic (exact) mass is 340 g/mol. The number of hydrogen-bond donors (Lipinski definition) is 0. The minimum absolute atomic E-state index is 0.256. The van der Waals surface area contributed by atoms with Crippen LogP contribution in [0.1, 0.15) is 0 Å². The Morgan fingerprint density at radius 2 is 2.00 bits per heavy atom. The van der Waals surface area contributed by atoms with Crippen molar-refractivity contribution in [1.82, 2.24) is 0 Å². The average Bonchev–Trinajstić information content (AvgIpc) is 2.29. The zero-order valence-electron chi connectivity index (χ0n) is 8.17. The standard InChI is InChI=1S/C10H5BrCl2F2N2/c11-6-4-16-10(13)17(9(6)12)5-1-2-7(14)8(15)3-5/h1-4,10H. The summed E-state index contributed by atoms with van der Waals surface area (Å²) in [7, 11) is 0. The number of halogens is 5. The first kappa shape index (κ1) is 12.8. The molecule has 0 saturated carbocycles. The number of anilines is 1. The highest BCUT2D eigenvalue weighted by atomic mass is 79.9. The van der Waals surface area contributed by atoms with Gasteiger partial charge in [-0.25, -0.2) is 8.78 Å². The average molecular weight is 342 g/mol. The van der Waals surface area contributed by atoms with Crippen molar-refractivity contribution in [1.29, 1.82) is 0 Å². The van der Waals surface area contributed by atoms with E-state index in [0.29, 0.717) is 10.2 Å². The number of hydrogen-bond acceptors (Lipinski definition) is 2. The van der Waals surface area contributed by atoms with Crippen molar-refractivity contribution in [2.45, 2.75) is 5.62 Å². The fourth-order valence-corrected chi connectivity index (χ4v) is 2.19. The second-order valence-corrected chi connectivity index (χ2v) is 4.80. The van der Waals surface area contributed by atoms with E-state index in [9.17, 15) is 8.78 Å². The van der Waals surface area contributed by atoms with Crippen molar-refractivity contribution in [2.24, 2.45) is 4.99 Å². The summed E-state index contributed by atoms with van der Waals surface area (Å²) in [4.78, 5) is 5.30. The Bertz CT molecular complexity index is 519. The van der Waals surface area contributed by atoms with E-state index in [1.165, 1.54) is 17.2 Å². The van der Waals surface area contributed by atoms with Gasteiger partial charge >= 0.3 is 0 Å². The fourth-order valence-electron chi connectivity index (χ4n) is 1.33. The predicted molar refractivity (Wildman–Crippen MR) is 68.8 cm³/mol. The van der Waals surface area contributed by atoms with E-state index in [-0.39, 0.29) is 5.16 Å². The largest absolute Gasteiger partial charge is 0.295 e. The van der Waals surface area contributed by atoms with Crippen LogP contribution in [0.2, 0.25) is 0 Å². The molecule has 0 spiro atoms. The second-order valence-electron chi connectivity index (χ2n) is 3.20. The summed E-state index contributed by atoms with van der Waals surface area (Å²) in [5.74, 6) is -1.90. The quantitative estimate of drug-likeness (QED) is 0.552. The lowest BCUT2D eigenvalue weighted by Gasteiger charge is -2.29. The molecule has 0 saturated heterocycles. The third kappa shape index (κ3) is 2.46. The van der Waals surface area contributed by atoms with Gasteiger partial charge in [0.15, 0.2) is 11.6 Å². The summed E-state index contributed by atoms with van der Waals surface area (Å²) in [6.45, 7) is 0. The maximum absolute atomic E-state index is 13.1. The summed E-state index contributed by atoms with van der Waals surface area (Å²) >= 11 is 15.1. The maximum Gasteiger partial charge on any atom is 0.202 e. The van der Waals surface area contributed by atoms with E-state index in [4.69, 9.17) is 23.2 Å². The minimum Gasteiger partial charge on any atom is -0.295 e. The molecule has 17 heavy (non-hydrogen) atoms. The van der Waals surface area contributed by atoms with E-state index in [1.54, 1.807) is 0 Å². The van der Waals surface area contributed by atoms with Crippen molar-refractivity contribution < 1.29 is 8.78 Å². The molecule has 2 rings (SSSR count). The van der Waals surface area contributed by atoms with E-state index < -0.39 is 17.3 Å². The van der Waals surface area contributed by atoms with Gasteiger partial charge in [0.2, 0.25) is 5.62 Å². The molecule has 2 nitrogen and oxygen atoms in total. The van der Waals surface area contributed by atoms with Crippen molar-refractivity contribution >= 4 is 51.0 Å². The van der Waals surface area contributed by atoms with E-state index in [1.807, 2.05) is 0 Å². The van der Waals surface area contributed by atoms with Crippen molar-refractivity contribution in [3.8, 4) is 0 Å². The topological polar surface area (TPSA) is 15.6 Å². The minimum atomic E-state index is -0.971. The summed E-state index contributed by atoms with van der Waals surface area (Å²) in [5, 5.41) is 0.256. The molecule has 0 aliphatic carbocycles. The third-order valence-corrected chi connectivity index (χ3v) is 3.62. The highest BCUT2D eigenvalue weighted by molar-refractivity contribution is 9.12. The molecule has 1 aliphatic rings. The van der Waals surface area contributed by atoms with Gasteiger partial charge in [0.05, 0.1) is 4.48 Å². The predicted octanol–water partition coefficient (Wildman–Crippen LogP) is 4.18. The van der Waals surface area contributed by atoms with Crippen LogP contribution >= 0.6 is 39.1 Å². The number of benzene rings is 1. The number of aliphatic imine (C=N–C) groups is 1. The van der Waals surface area contributed by atoms with Crippen molar-refractivity contribution in [3.05, 3.63) is 39.5 Å². The Labute approximate surface area is 115 Å². The van der Waals surface area contributed by atoms with Crippen LogP contribution in [0.5, 0.6) is 0 Å². The van der Waals surface area contributed by atoms with Crippen molar-refractivity contribution in [3.63, 3.8) is 0 Å². The Balaban J connectivity index is 2.45. The lowest BCUT2D eigenvalue weighted by molar-refractivity contribution is 0.508. The molecule has 0 radical (unpaired) electrons. The molecule has 1 atom stereocenters. The highest BCUT2D eigenvalue weighted by Gasteiger charge is 2.24. The van der Waals surface area contributed by atoms with Gasteiger partial charge in [-0.3, -0.25) is 9.89 Å². The molecule has 0 N–H and O–H groups in total. The van der Waals surface area contributed by atoms with Crippen LogP contribution < -0.4 is 4.90 Å². The van der Waals surface area contributed by atoms with Crippen LogP contribution in [0, 0.1) is 11.6 Å². The molecule has 0 aromatic heterocycles. The Morgan fingerprint density at radius 1 is 1.29 bits per heavy atom. The van der Waals surface area contributed by atoms with Gasteiger partial charge in [-0.2, -0.15) is 0 Å². The first-order valence-corrected chi connectivity index (χ1v) is 6.08. The molecule has 1 aromatic rings. The number of alkyl halides is 1. The van der Waals surface area contributed by atoms with Gasteiger partial charge in [0.1, 0.15) is 5.16 Å². The third-order valence-electron chi connectivity index (χ3n) is 2.11. The molecule has 7 heteroatoms. The van der Waals surface area contributed by atoms with Crippen LogP contribution in [0.3, 0.4) is 0 Å². The summed E-state index contributed by atoms with van der Waals surface area (Å²) < 4.78 is 26.5. The van der Waals surface area contributed by atoms with Gasteiger partial charge in [-0.05, 0) is 28.1 Å². The smallest absolute Gasteiger partial charge is 0.202 e. The van der Waals surface area contributed by atoms with Crippen LogP contribution in [0.4, 0.5) is 14.5 Å². The number of allylic oxidation sites excluding steroid dienone is 1. The molecule has 90 valence electrons. The van der Waals surface area contributed by atoms with Crippen LogP contribution in [-0.2, 0) is 0 Å². The Morgan fingerprint density at radius 3 is 2.65 bits per heavy atom. The van der Waals surface area contributed by atoms with E-state index >= 15 is 0 Å². The summed E-state index contributed by atoms with van der Waals surface area (Å²) in [6, 6.07) is 3.39. The molecule has 1 aliphatic heterocycles. The molecule has 1 aromatic carbocycles. The van der Waals surface area contributed by atoms with Crippen LogP contribution in [0.15, 0.2) is 32.8 Å². The molecular weight excluding hydrogens is 337 g/mol. The highest BCUT2D eigenvalue weighted by Crippen LogP contribution is 2.33. The molecule has 0 amide bonds. The Hall–Kier alpha value is -0.650. The molecule has 0 fully saturated rings. The first-order chi connectivity index (χ1) is 8.00. The van der Waals surface area contributed by atoms with Crippen molar-refractivity contribution in [2.75, 3.05) is 4.90 Å². The maximum atomic E-state index is 13.1. The van der Waals surface area contributed by atoms with Crippen LogP contribution in [0.25, 0.3) is 0 Å². The van der Waals surface area contributed by atoms with Crippen LogP contribution in [-0.4, -0.2) is 11.8 Å². The van der Waals surface area contributed by atoms with Gasteiger partial charge < -0.3 is 0 Å². The summed E-state index contributed by atoms with van der Waals surface area (Å²) in [5.41, 5.74) is -0.476. The molecule has 1 unspecified atom stereocenters. The van der Waals surface area contributed by atoms with Gasteiger partial charge in [0.25, 0.3) is 0 Å². The SMILES string of the molecule is Fc1ccc(N2C(Cl)=C(Br)C=NC2Cl)cc1F. The fraction of sp³-hybridized carbons (Fsp3) is 0.100. The molecule has 1 heterocycles. The normalized spacial score (nSPS) is 20.1. The van der Waals surface area contributed by atoms with Gasteiger partial charge in [-0.1, -0.05) is 23.2 Å². The summed E-state index contributed by atoms with van der Waals surface area (Å²) in [6.07, 6.45) is 1.45. The van der Waals surface area contributed by atoms with E-state index in [0.717, 1.165) is 12.1 Å². The first-order valence-electron chi connectivity index (χ1n) is 4.47. The van der Waals surface area contributed by atoms with Gasteiger partial charge in [0, 0.05) is 18.0 Å².